The lowest BCUT2D eigenvalue weighted by Crippen LogP contribution is -2.42. The molecule has 1 aliphatic rings. The van der Waals surface area contributed by atoms with E-state index in [1.807, 2.05) is 30.3 Å². The second-order valence-corrected chi connectivity index (χ2v) is 5.03. The first-order chi connectivity index (χ1) is 8.75. The third kappa shape index (κ3) is 3.81. The molecule has 96 valence electrons. The number of amides is 1. The normalized spacial score (nSPS) is 15.3. The van der Waals surface area contributed by atoms with Crippen LogP contribution in [0.3, 0.4) is 0 Å². The van der Waals surface area contributed by atoms with Crippen LogP contribution in [0.2, 0.25) is 0 Å². The summed E-state index contributed by atoms with van der Waals surface area (Å²) in [4.78, 5) is 12.1. The molecule has 0 aliphatic heterocycles. The van der Waals surface area contributed by atoms with Gasteiger partial charge >= 0.3 is 0 Å². The van der Waals surface area contributed by atoms with E-state index in [1.54, 1.807) is 0 Å². The second kappa shape index (κ2) is 6.50. The first-order valence-corrected chi connectivity index (χ1v) is 6.79. The van der Waals surface area contributed by atoms with Gasteiger partial charge in [-0.2, -0.15) is 0 Å². The van der Waals surface area contributed by atoms with E-state index < -0.39 is 0 Å². The zero-order valence-electron chi connectivity index (χ0n) is 10.3. The van der Waals surface area contributed by atoms with Crippen LogP contribution in [-0.2, 0) is 11.3 Å². The average molecular weight is 262 g/mol. The maximum absolute atomic E-state index is 11.8. The number of rotatable bonds is 3. The summed E-state index contributed by atoms with van der Waals surface area (Å²) in [7, 11) is 0. The van der Waals surface area contributed by atoms with E-state index in [2.05, 4.69) is 10.6 Å². The second-order valence-electron chi connectivity index (χ2n) is 4.62. The first-order valence-electron chi connectivity index (χ1n) is 6.38. The lowest BCUT2D eigenvalue weighted by atomic mass is 10.2. The zero-order valence-corrected chi connectivity index (χ0v) is 11.1. The van der Waals surface area contributed by atoms with Gasteiger partial charge in [-0.05, 0) is 18.4 Å². The highest BCUT2D eigenvalue weighted by molar-refractivity contribution is 7.82. The van der Waals surface area contributed by atoms with Crippen molar-refractivity contribution in [2.24, 2.45) is 0 Å². The van der Waals surface area contributed by atoms with Crippen molar-refractivity contribution >= 4 is 23.1 Å². The highest BCUT2D eigenvalue weighted by Gasteiger charge is 2.18. The SMILES string of the molecule is O=C(NCc1ccccc1)C(=S)NC1CCCC1. The molecule has 2 N–H and O–H groups in total. The Morgan fingerprint density at radius 2 is 1.89 bits per heavy atom. The highest BCUT2D eigenvalue weighted by Crippen LogP contribution is 2.17. The minimum atomic E-state index is -0.180. The summed E-state index contributed by atoms with van der Waals surface area (Å²) < 4.78 is 0. The summed E-state index contributed by atoms with van der Waals surface area (Å²) in [6.45, 7) is 0.520. The van der Waals surface area contributed by atoms with Gasteiger partial charge < -0.3 is 10.6 Å². The number of carbonyl (C=O) groups excluding carboxylic acids is 1. The van der Waals surface area contributed by atoms with Crippen LogP contribution < -0.4 is 10.6 Å². The molecule has 0 aromatic heterocycles. The molecule has 3 nitrogen and oxygen atoms in total. The number of nitrogens with one attached hydrogen (secondary N) is 2. The molecular formula is C14H18N2OS. The van der Waals surface area contributed by atoms with Gasteiger partial charge in [-0.3, -0.25) is 4.79 Å². The lowest BCUT2D eigenvalue weighted by Gasteiger charge is -2.14. The van der Waals surface area contributed by atoms with Crippen LogP contribution in [-0.4, -0.2) is 16.9 Å². The van der Waals surface area contributed by atoms with Crippen molar-refractivity contribution in [3.05, 3.63) is 35.9 Å². The van der Waals surface area contributed by atoms with Gasteiger partial charge in [0.15, 0.2) is 4.99 Å². The molecule has 4 heteroatoms. The van der Waals surface area contributed by atoms with Gasteiger partial charge in [0.1, 0.15) is 0 Å². The molecule has 1 aromatic rings. The minimum Gasteiger partial charge on any atom is -0.369 e. The molecule has 0 spiro atoms. The van der Waals surface area contributed by atoms with Gasteiger partial charge in [0.25, 0.3) is 5.91 Å². The van der Waals surface area contributed by atoms with Crippen LogP contribution in [0.15, 0.2) is 30.3 Å². The molecule has 18 heavy (non-hydrogen) atoms. The van der Waals surface area contributed by atoms with Crippen molar-refractivity contribution < 1.29 is 4.79 Å². The summed E-state index contributed by atoms with van der Waals surface area (Å²) in [5, 5.41) is 5.96. The predicted molar refractivity (Wildman–Crippen MR) is 76.3 cm³/mol. The molecule has 0 heterocycles. The van der Waals surface area contributed by atoms with Crippen molar-refractivity contribution in [1.29, 1.82) is 0 Å². The molecule has 0 atom stereocenters. The fraction of sp³-hybridized carbons (Fsp3) is 0.429. The van der Waals surface area contributed by atoms with Crippen molar-refractivity contribution in [1.82, 2.24) is 10.6 Å². The number of hydrogen-bond donors (Lipinski definition) is 2. The van der Waals surface area contributed by atoms with Gasteiger partial charge in [0.2, 0.25) is 0 Å². The first kappa shape index (κ1) is 13.0. The van der Waals surface area contributed by atoms with Crippen LogP contribution in [0.4, 0.5) is 0 Å². The molecule has 0 bridgehead atoms. The summed E-state index contributed by atoms with van der Waals surface area (Å²) in [5.41, 5.74) is 1.08. The molecule has 0 unspecified atom stereocenters. The molecule has 1 aliphatic carbocycles. The summed E-state index contributed by atoms with van der Waals surface area (Å²) in [5.74, 6) is -0.180. The van der Waals surface area contributed by atoms with Crippen LogP contribution in [0.5, 0.6) is 0 Å². The molecule has 1 fully saturated rings. The average Bonchev–Trinajstić information content (AvgIpc) is 2.90. The Kier molecular flexibility index (Phi) is 4.70. The van der Waals surface area contributed by atoms with E-state index in [9.17, 15) is 4.79 Å². The van der Waals surface area contributed by atoms with Crippen molar-refractivity contribution in [2.75, 3.05) is 0 Å². The van der Waals surface area contributed by atoms with Gasteiger partial charge in [-0.25, -0.2) is 0 Å². The van der Waals surface area contributed by atoms with Gasteiger partial charge in [0.05, 0.1) is 0 Å². The van der Waals surface area contributed by atoms with E-state index in [1.165, 1.54) is 12.8 Å². The van der Waals surface area contributed by atoms with E-state index in [4.69, 9.17) is 12.2 Å². The molecule has 0 radical (unpaired) electrons. The largest absolute Gasteiger partial charge is 0.369 e. The molecule has 2 rings (SSSR count). The summed E-state index contributed by atoms with van der Waals surface area (Å²) in [6.07, 6.45) is 4.69. The van der Waals surface area contributed by atoms with E-state index in [-0.39, 0.29) is 5.91 Å². The maximum Gasteiger partial charge on any atom is 0.278 e. The Morgan fingerprint density at radius 3 is 2.56 bits per heavy atom. The third-order valence-electron chi connectivity index (χ3n) is 3.19. The van der Waals surface area contributed by atoms with Crippen molar-refractivity contribution in [3.8, 4) is 0 Å². The molecule has 1 aromatic carbocycles. The van der Waals surface area contributed by atoms with E-state index >= 15 is 0 Å². The van der Waals surface area contributed by atoms with Crippen molar-refractivity contribution in [2.45, 2.75) is 38.3 Å². The number of thiocarbonyl (C=S) groups is 1. The molecular weight excluding hydrogens is 244 g/mol. The zero-order chi connectivity index (χ0) is 12.8. The summed E-state index contributed by atoms with van der Waals surface area (Å²) >= 11 is 5.11. The van der Waals surface area contributed by atoms with Gasteiger partial charge in [-0.15, -0.1) is 0 Å². The molecule has 1 saturated carbocycles. The van der Waals surface area contributed by atoms with Crippen LogP contribution in [0, 0.1) is 0 Å². The Morgan fingerprint density at radius 1 is 1.22 bits per heavy atom. The minimum absolute atomic E-state index is 0.180. The topological polar surface area (TPSA) is 41.1 Å². The van der Waals surface area contributed by atoms with Crippen LogP contribution >= 0.6 is 12.2 Å². The standard InChI is InChI=1S/C14H18N2OS/c17-13(14(18)16-12-8-4-5-9-12)15-10-11-6-2-1-3-7-11/h1-3,6-7,12H,4-5,8-10H2,(H,15,17)(H,16,18). The van der Waals surface area contributed by atoms with Crippen LogP contribution in [0.1, 0.15) is 31.2 Å². The van der Waals surface area contributed by atoms with Crippen LogP contribution in [0.25, 0.3) is 0 Å². The fourth-order valence-corrected chi connectivity index (χ4v) is 2.42. The Labute approximate surface area is 113 Å². The van der Waals surface area contributed by atoms with Gasteiger partial charge in [-0.1, -0.05) is 55.4 Å². The van der Waals surface area contributed by atoms with E-state index in [0.29, 0.717) is 17.6 Å². The quantitative estimate of drug-likeness (QED) is 0.820. The number of hydrogen-bond acceptors (Lipinski definition) is 2. The maximum atomic E-state index is 11.8. The molecule has 0 saturated heterocycles. The smallest absolute Gasteiger partial charge is 0.278 e. The Hall–Kier alpha value is -1.42. The Bertz CT molecular complexity index is 413. The highest BCUT2D eigenvalue weighted by atomic mass is 32.1. The summed E-state index contributed by atoms with van der Waals surface area (Å²) in [6, 6.07) is 10.2. The van der Waals surface area contributed by atoms with Crippen molar-refractivity contribution in [3.63, 3.8) is 0 Å². The third-order valence-corrected chi connectivity index (χ3v) is 3.50. The lowest BCUT2D eigenvalue weighted by molar-refractivity contribution is -0.115. The van der Waals surface area contributed by atoms with Gasteiger partial charge in [0, 0.05) is 12.6 Å². The predicted octanol–water partition coefficient (Wildman–Crippen LogP) is 2.16. The van der Waals surface area contributed by atoms with E-state index in [0.717, 1.165) is 18.4 Å². The number of benzene rings is 1. The monoisotopic (exact) mass is 262 g/mol. The number of carbonyl (C=O) groups is 1. The fourth-order valence-electron chi connectivity index (χ4n) is 2.18. The Balaban J connectivity index is 1.75. The molecule has 1 amide bonds.